The molecule has 3 rings (SSSR count). The Labute approximate surface area is 159 Å². The highest BCUT2D eigenvalue weighted by molar-refractivity contribution is 7.19. The lowest BCUT2D eigenvalue weighted by Gasteiger charge is -2.13. The van der Waals surface area contributed by atoms with Crippen molar-refractivity contribution in [2.75, 3.05) is 5.32 Å². The van der Waals surface area contributed by atoms with Crippen molar-refractivity contribution in [1.29, 1.82) is 5.26 Å². The first-order valence-corrected chi connectivity index (χ1v) is 8.93. The van der Waals surface area contributed by atoms with Gasteiger partial charge in [-0.2, -0.15) is 5.26 Å². The molecule has 27 heavy (non-hydrogen) atoms. The second-order valence-corrected chi connectivity index (χ2v) is 6.64. The molecular weight excluding hydrogens is 362 g/mol. The van der Waals surface area contributed by atoms with Gasteiger partial charge in [0.15, 0.2) is 6.10 Å². The summed E-state index contributed by atoms with van der Waals surface area (Å²) in [6.07, 6.45) is 1.79. The smallest absolute Gasteiger partial charge is 0.331 e. The molecule has 0 saturated carbocycles. The van der Waals surface area contributed by atoms with Crippen LogP contribution in [-0.4, -0.2) is 23.0 Å². The lowest BCUT2D eigenvalue weighted by molar-refractivity contribution is -0.148. The average molecular weight is 377 g/mol. The summed E-state index contributed by atoms with van der Waals surface area (Å²) in [6, 6.07) is 16.3. The highest BCUT2D eigenvalue weighted by Crippen LogP contribution is 2.22. The molecule has 3 aromatic rings. The number of benzene rings is 2. The number of carbonyl (C=O) groups is 2. The topological polar surface area (TPSA) is 92.1 Å². The van der Waals surface area contributed by atoms with Gasteiger partial charge < -0.3 is 10.1 Å². The van der Waals surface area contributed by atoms with Gasteiger partial charge in [-0.25, -0.2) is 9.78 Å². The lowest BCUT2D eigenvalue weighted by Crippen LogP contribution is -2.29. The highest BCUT2D eigenvalue weighted by Gasteiger charge is 2.17. The number of para-hydroxylation sites is 2. The number of amides is 1. The number of nitrogens with one attached hydrogen (secondary N) is 1. The molecule has 0 saturated heterocycles. The molecule has 1 N–H and O–H groups in total. The van der Waals surface area contributed by atoms with Crippen LogP contribution in [-0.2, 0) is 14.3 Å². The largest absolute Gasteiger partial charge is 0.449 e. The van der Waals surface area contributed by atoms with Gasteiger partial charge in [0.25, 0.3) is 5.91 Å². The van der Waals surface area contributed by atoms with Gasteiger partial charge in [0.05, 0.1) is 21.5 Å². The number of fused-ring (bicyclic) bond motifs is 1. The standard InChI is InChI=1S/C20H15N3O3S/c1-13(20(25)23-15-7-3-2-6-14(15)12-21)26-19(24)11-10-18-22-16-8-4-5-9-17(16)27-18/h2-11,13H,1H3,(H,23,25)/b11-10+/t13-/m0/s1. The molecule has 1 aromatic heterocycles. The molecule has 0 spiro atoms. The zero-order chi connectivity index (χ0) is 19.2. The number of thiazole rings is 1. The van der Waals surface area contributed by atoms with Crippen molar-refractivity contribution >= 4 is 45.2 Å². The molecule has 0 aliphatic carbocycles. The monoisotopic (exact) mass is 377 g/mol. The van der Waals surface area contributed by atoms with E-state index in [9.17, 15) is 9.59 Å². The normalized spacial score (nSPS) is 11.9. The van der Waals surface area contributed by atoms with Crippen LogP contribution in [0.4, 0.5) is 5.69 Å². The van der Waals surface area contributed by atoms with Gasteiger partial charge in [-0.05, 0) is 37.3 Å². The van der Waals surface area contributed by atoms with E-state index in [1.807, 2.05) is 30.3 Å². The minimum Gasteiger partial charge on any atom is -0.449 e. The summed E-state index contributed by atoms with van der Waals surface area (Å²) in [5, 5.41) is 12.3. The van der Waals surface area contributed by atoms with Crippen LogP contribution in [0.2, 0.25) is 0 Å². The van der Waals surface area contributed by atoms with E-state index in [0.29, 0.717) is 16.3 Å². The minimum absolute atomic E-state index is 0.333. The van der Waals surface area contributed by atoms with Gasteiger partial charge in [-0.3, -0.25) is 4.79 Å². The molecule has 6 nitrogen and oxygen atoms in total. The summed E-state index contributed by atoms with van der Waals surface area (Å²) in [5.74, 6) is -1.16. The Kier molecular flexibility index (Phi) is 5.59. The molecule has 0 aliphatic heterocycles. The average Bonchev–Trinajstić information content (AvgIpc) is 3.09. The first-order valence-electron chi connectivity index (χ1n) is 8.11. The molecule has 1 atom stereocenters. The number of carbonyl (C=O) groups excluding carboxylic acids is 2. The van der Waals surface area contributed by atoms with E-state index >= 15 is 0 Å². The Morgan fingerprint density at radius 2 is 1.96 bits per heavy atom. The van der Waals surface area contributed by atoms with Crippen LogP contribution in [0.1, 0.15) is 17.5 Å². The van der Waals surface area contributed by atoms with Gasteiger partial charge in [0.2, 0.25) is 0 Å². The first-order chi connectivity index (χ1) is 13.1. The number of aromatic nitrogens is 1. The summed E-state index contributed by atoms with van der Waals surface area (Å²) in [7, 11) is 0. The van der Waals surface area contributed by atoms with E-state index in [1.54, 1.807) is 30.3 Å². The zero-order valence-electron chi connectivity index (χ0n) is 14.4. The van der Waals surface area contributed by atoms with E-state index in [1.165, 1.54) is 24.3 Å². The van der Waals surface area contributed by atoms with Crippen molar-refractivity contribution in [1.82, 2.24) is 4.98 Å². The SMILES string of the molecule is C[C@H](OC(=O)/C=C/c1nc2ccccc2s1)C(=O)Nc1ccccc1C#N. The maximum atomic E-state index is 12.2. The van der Waals surface area contributed by atoms with Crippen molar-refractivity contribution in [3.8, 4) is 6.07 Å². The fourth-order valence-corrected chi connectivity index (χ4v) is 3.16. The quantitative estimate of drug-likeness (QED) is 0.540. The summed E-state index contributed by atoms with van der Waals surface area (Å²) < 4.78 is 6.13. The maximum absolute atomic E-state index is 12.2. The number of hydrogen-bond acceptors (Lipinski definition) is 6. The summed E-state index contributed by atoms with van der Waals surface area (Å²) in [4.78, 5) is 28.5. The number of esters is 1. The van der Waals surface area contributed by atoms with E-state index in [4.69, 9.17) is 10.00 Å². The summed E-state index contributed by atoms with van der Waals surface area (Å²) >= 11 is 1.45. The van der Waals surface area contributed by atoms with Crippen LogP contribution < -0.4 is 5.32 Å². The number of nitrogens with zero attached hydrogens (tertiary/aromatic N) is 2. The predicted octanol–water partition coefficient (Wildman–Crippen LogP) is 3.75. The van der Waals surface area contributed by atoms with Crippen LogP contribution in [0.5, 0.6) is 0 Å². The number of rotatable bonds is 5. The second-order valence-electron chi connectivity index (χ2n) is 5.58. The van der Waals surface area contributed by atoms with Crippen molar-refractivity contribution in [3.05, 3.63) is 65.2 Å². The number of hydrogen-bond donors (Lipinski definition) is 1. The van der Waals surface area contributed by atoms with Crippen LogP contribution in [0.15, 0.2) is 54.6 Å². The van der Waals surface area contributed by atoms with Gasteiger partial charge >= 0.3 is 5.97 Å². The highest BCUT2D eigenvalue weighted by atomic mass is 32.1. The number of ether oxygens (including phenoxy) is 1. The molecule has 0 unspecified atom stereocenters. The van der Waals surface area contributed by atoms with E-state index in [0.717, 1.165) is 10.2 Å². The van der Waals surface area contributed by atoms with Crippen molar-refractivity contribution in [2.45, 2.75) is 13.0 Å². The molecule has 0 aliphatic rings. The van der Waals surface area contributed by atoms with Crippen molar-refractivity contribution in [3.63, 3.8) is 0 Å². The molecule has 0 bridgehead atoms. The molecule has 0 radical (unpaired) electrons. The van der Waals surface area contributed by atoms with Crippen molar-refractivity contribution < 1.29 is 14.3 Å². The fourth-order valence-electron chi connectivity index (χ4n) is 2.29. The molecule has 1 heterocycles. The molecule has 1 amide bonds. The molecular formula is C20H15N3O3S. The van der Waals surface area contributed by atoms with Gasteiger partial charge in [-0.1, -0.05) is 24.3 Å². The number of anilines is 1. The van der Waals surface area contributed by atoms with Crippen LogP contribution >= 0.6 is 11.3 Å². The Morgan fingerprint density at radius 3 is 2.74 bits per heavy atom. The summed E-state index contributed by atoms with van der Waals surface area (Å²) in [6.45, 7) is 1.47. The van der Waals surface area contributed by atoms with E-state index < -0.39 is 18.0 Å². The molecule has 7 heteroatoms. The lowest BCUT2D eigenvalue weighted by atomic mass is 10.2. The van der Waals surface area contributed by atoms with Gasteiger partial charge in [-0.15, -0.1) is 11.3 Å². The summed E-state index contributed by atoms with van der Waals surface area (Å²) in [5.41, 5.74) is 1.57. The van der Waals surface area contributed by atoms with Crippen LogP contribution in [0.3, 0.4) is 0 Å². The Balaban J connectivity index is 1.59. The third-order valence-electron chi connectivity index (χ3n) is 3.64. The maximum Gasteiger partial charge on any atom is 0.331 e. The molecule has 0 fully saturated rings. The third kappa shape index (κ3) is 4.57. The zero-order valence-corrected chi connectivity index (χ0v) is 15.2. The van der Waals surface area contributed by atoms with Crippen LogP contribution in [0.25, 0.3) is 16.3 Å². The number of nitriles is 1. The Bertz CT molecular complexity index is 1030. The molecule has 2 aromatic carbocycles. The predicted molar refractivity (Wildman–Crippen MR) is 104 cm³/mol. The van der Waals surface area contributed by atoms with E-state index in [2.05, 4.69) is 10.3 Å². The second kappa shape index (κ2) is 8.25. The third-order valence-corrected chi connectivity index (χ3v) is 4.64. The van der Waals surface area contributed by atoms with Gasteiger partial charge in [0, 0.05) is 6.08 Å². The fraction of sp³-hybridized carbons (Fsp3) is 0.100. The Hall–Kier alpha value is -3.50. The van der Waals surface area contributed by atoms with Crippen LogP contribution in [0, 0.1) is 11.3 Å². The van der Waals surface area contributed by atoms with E-state index in [-0.39, 0.29) is 0 Å². The van der Waals surface area contributed by atoms with Gasteiger partial charge in [0.1, 0.15) is 11.1 Å². The Morgan fingerprint density at radius 1 is 1.22 bits per heavy atom. The first kappa shape index (κ1) is 18.3. The van der Waals surface area contributed by atoms with Crippen molar-refractivity contribution in [2.24, 2.45) is 0 Å². The minimum atomic E-state index is -1.01. The molecule has 134 valence electrons.